The van der Waals surface area contributed by atoms with Crippen molar-refractivity contribution in [3.63, 3.8) is 0 Å². The van der Waals surface area contributed by atoms with Crippen LogP contribution in [0.15, 0.2) is 0 Å². The highest BCUT2D eigenvalue weighted by Gasteiger charge is 2.27. The molecule has 134 valence electrons. The van der Waals surface area contributed by atoms with Crippen molar-refractivity contribution in [1.29, 1.82) is 0 Å². The molecule has 7 heteroatoms. The predicted octanol–water partition coefficient (Wildman–Crippen LogP) is 1.94. The average Bonchev–Trinajstić information content (AvgIpc) is 2.49. The summed E-state index contributed by atoms with van der Waals surface area (Å²) in [5.74, 6) is 0.154. The second-order valence-corrected chi connectivity index (χ2v) is 7.34. The topological polar surface area (TPSA) is 95.7 Å². The molecule has 0 aliphatic carbocycles. The quantitative estimate of drug-likeness (QED) is 0.603. The van der Waals surface area contributed by atoms with Gasteiger partial charge in [-0.05, 0) is 0 Å². The summed E-state index contributed by atoms with van der Waals surface area (Å²) in [5.41, 5.74) is 5.42. The number of hydrogen-bond acceptors (Lipinski definition) is 7. The van der Waals surface area contributed by atoms with Gasteiger partial charge in [-0.3, -0.25) is 14.4 Å². The standard InChI is InChI=1S/C16H29NO5S/c1-6-13(18)21-8-11(22-14(19)7-2)9-23-10-12(17)15(20)16(3,4)5/h11-12H,6-10,17H2,1-5H3/t11-,12?/m0/s1. The van der Waals surface area contributed by atoms with Crippen LogP contribution >= 0.6 is 11.8 Å². The predicted molar refractivity (Wildman–Crippen MR) is 91.2 cm³/mol. The lowest BCUT2D eigenvalue weighted by Crippen LogP contribution is -2.41. The van der Waals surface area contributed by atoms with Crippen LogP contribution in [0, 0.1) is 5.41 Å². The van der Waals surface area contributed by atoms with E-state index in [0.717, 1.165) is 0 Å². The molecule has 0 rings (SSSR count). The Hall–Kier alpha value is -1.08. The van der Waals surface area contributed by atoms with Gasteiger partial charge in [0.15, 0.2) is 5.78 Å². The highest BCUT2D eigenvalue weighted by Crippen LogP contribution is 2.18. The number of thioether (sulfide) groups is 1. The molecule has 0 aromatic carbocycles. The summed E-state index contributed by atoms with van der Waals surface area (Å²) in [6.07, 6.45) is -0.00262. The molecule has 0 saturated carbocycles. The monoisotopic (exact) mass is 347 g/mol. The minimum absolute atomic E-state index is 0.00971. The molecular formula is C16H29NO5S. The third kappa shape index (κ3) is 9.61. The van der Waals surface area contributed by atoms with Gasteiger partial charge in [-0.15, -0.1) is 0 Å². The lowest BCUT2D eigenvalue weighted by Gasteiger charge is -2.22. The van der Waals surface area contributed by atoms with Crippen LogP contribution in [0.4, 0.5) is 0 Å². The van der Waals surface area contributed by atoms with Gasteiger partial charge < -0.3 is 15.2 Å². The number of carbonyl (C=O) groups excluding carboxylic acids is 3. The summed E-state index contributed by atoms with van der Waals surface area (Å²) in [5, 5.41) is 0. The SMILES string of the molecule is CCC(=O)OC[C@@H](CSCC(N)C(=O)C(C)(C)C)OC(=O)CC. The zero-order valence-corrected chi connectivity index (χ0v) is 15.5. The van der Waals surface area contributed by atoms with E-state index in [1.807, 2.05) is 20.8 Å². The molecule has 6 nitrogen and oxygen atoms in total. The number of ether oxygens (including phenoxy) is 2. The van der Waals surface area contributed by atoms with Crippen LogP contribution in [-0.2, 0) is 23.9 Å². The Labute approximate surface area is 142 Å². The van der Waals surface area contributed by atoms with Crippen molar-refractivity contribution < 1.29 is 23.9 Å². The minimum atomic E-state index is -0.569. The van der Waals surface area contributed by atoms with Gasteiger partial charge in [-0.2, -0.15) is 11.8 Å². The van der Waals surface area contributed by atoms with E-state index in [2.05, 4.69) is 0 Å². The van der Waals surface area contributed by atoms with Gasteiger partial charge >= 0.3 is 11.9 Å². The van der Waals surface area contributed by atoms with E-state index in [1.165, 1.54) is 11.8 Å². The van der Waals surface area contributed by atoms with Crippen molar-refractivity contribution in [1.82, 2.24) is 0 Å². The van der Waals surface area contributed by atoms with Crippen LogP contribution in [-0.4, -0.2) is 48.0 Å². The maximum Gasteiger partial charge on any atom is 0.305 e. The highest BCUT2D eigenvalue weighted by atomic mass is 32.2. The molecule has 0 aromatic heterocycles. The molecule has 0 radical (unpaired) electrons. The summed E-state index contributed by atoms with van der Waals surface area (Å²) in [4.78, 5) is 34.7. The summed E-state index contributed by atoms with van der Waals surface area (Å²) < 4.78 is 10.3. The third-order valence-corrected chi connectivity index (χ3v) is 4.19. The molecule has 0 bridgehead atoms. The Morgan fingerprint density at radius 1 is 1.04 bits per heavy atom. The van der Waals surface area contributed by atoms with E-state index in [4.69, 9.17) is 15.2 Å². The molecule has 0 aliphatic heterocycles. The zero-order chi connectivity index (χ0) is 18.0. The summed E-state index contributed by atoms with van der Waals surface area (Å²) in [6, 6.07) is -0.569. The van der Waals surface area contributed by atoms with Crippen LogP contribution in [0.3, 0.4) is 0 Å². The fourth-order valence-corrected chi connectivity index (χ4v) is 2.60. The molecule has 0 amide bonds. The van der Waals surface area contributed by atoms with Crippen LogP contribution in [0.1, 0.15) is 47.5 Å². The first-order valence-electron chi connectivity index (χ1n) is 7.84. The number of hydrogen-bond donors (Lipinski definition) is 1. The van der Waals surface area contributed by atoms with Crippen molar-refractivity contribution in [3.05, 3.63) is 0 Å². The molecule has 0 aliphatic rings. The van der Waals surface area contributed by atoms with Crippen molar-refractivity contribution in [3.8, 4) is 0 Å². The molecule has 2 N–H and O–H groups in total. The molecule has 0 saturated heterocycles. The lowest BCUT2D eigenvalue weighted by molar-refractivity contribution is -0.157. The number of Topliss-reactive ketones (excluding diaryl/α,β-unsaturated/α-hetero) is 1. The van der Waals surface area contributed by atoms with Crippen molar-refractivity contribution in [2.45, 2.75) is 59.6 Å². The number of rotatable bonds is 10. The molecule has 0 aromatic rings. The average molecular weight is 347 g/mol. The van der Waals surface area contributed by atoms with Gasteiger partial charge in [-0.25, -0.2) is 0 Å². The highest BCUT2D eigenvalue weighted by molar-refractivity contribution is 7.99. The molecule has 23 heavy (non-hydrogen) atoms. The van der Waals surface area contributed by atoms with Gasteiger partial charge in [0, 0.05) is 29.8 Å². The summed E-state index contributed by atoms with van der Waals surface area (Å²) >= 11 is 1.41. The molecule has 2 atom stereocenters. The number of carbonyl (C=O) groups is 3. The first-order valence-corrected chi connectivity index (χ1v) is 9.00. The summed E-state index contributed by atoms with van der Waals surface area (Å²) in [6.45, 7) is 8.90. The first-order chi connectivity index (χ1) is 10.6. The van der Waals surface area contributed by atoms with E-state index in [9.17, 15) is 14.4 Å². The van der Waals surface area contributed by atoms with E-state index >= 15 is 0 Å². The molecular weight excluding hydrogens is 318 g/mol. The Balaban J connectivity index is 4.39. The van der Waals surface area contributed by atoms with Gasteiger partial charge in [0.1, 0.15) is 12.7 Å². The largest absolute Gasteiger partial charge is 0.462 e. The van der Waals surface area contributed by atoms with Gasteiger partial charge in [0.05, 0.1) is 6.04 Å². The molecule has 0 fully saturated rings. The maximum absolute atomic E-state index is 12.0. The number of esters is 2. The molecule has 0 spiro atoms. The van der Waals surface area contributed by atoms with Gasteiger partial charge in [-0.1, -0.05) is 34.6 Å². The number of ketones is 1. The third-order valence-electron chi connectivity index (χ3n) is 2.98. The van der Waals surface area contributed by atoms with E-state index in [-0.39, 0.29) is 37.2 Å². The lowest BCUT2D eigenvalue weighted by atomic mass is 9.87. The molecule has 0 heterocycles. The fourth-order valence-electron chi connectivity index (χ4n) is 1.63. The van der Waals surface area contributed by atoms with Crippen molar-refractivity contribution >= 4 is 29.5 Å². The Morgan fingerprint density at radius 2 is 1.61 bits per heavy atom. The number of nitrogens with two attached hydrogens (primary N) is 1. The Morgan fingerprint density at radius 3 is 2.09 bits per heavy atom. The van der Waals surface area contributed by atoms with Crippen molar-refractivity contribution in [2.24, 2.45) is 11.1 Å². The van der Waals surface area contributed by atoms with Gasteiger partial charge in [0.2, 0.25) is 0 Å². The smallest absolute Gasteiger partial charge is 0.305 e. The normalized spacial score (nSPS) is 14.0. The minimum Gasteiger partial charge on any atom is -0.462 e. The van der Waals surface area contributed by atoms with E-state index in [1.54, 1.807) is 13.8 Å². The van der Waals surface area contributed by atoms with Crippen LogP contribution in [0.5, 0.6) is 0 Å². The van der Waals surface area contributed by atoms with E-state index in [0.29, 0.717) is 11.5 Å². The fraction of sp³-hybridized carbons (Fsp3) is 0.812. The zero-order valence-electron chi connectivity index (χ0n) is 14.7. The van der Waals surface area contributed by atoms with Gasteiger partial charge in [0.25, 0.3) is 0 Å². The second kappa shape index (κ2) is 10.6. The van der Waals surface area contributed by atoms with Crippen molar-refractivity contribution in [2.75, 3.05) is 18.1 Å². The summed E-state index contributed by atoms with van der Waals surface area (Å²) in [7, 11) is 0. The Bertz CT molecular complexity index is 406. The van der Waals surface area contributed by atoms with Crippen LogP contribution in [0.25, 0.3) is 0 Å². The van der Waals surface area contributed by atoms with Crippen LogP contribution in [0.2, 0.25) is 0 Å². The molecule has 1 unspecified atom stereocenters. The first kappa shape index (κ1) is 21.9. The van der Waals surface area contributed by atoms with Crippen LogP contribution < -0.4 is 5.73 Å². The van der Waals surface area contributed by atoms with E-state index < -0.39 is 17.6 Å². The second-order valence-electron chi connectivity index (χ2n) is 6.26. The Kier molecular flexibility index (Phi) is 10.1. The maximum atomic E-state index is 12.0.